The van der Waals surface area contributed by atoms with Gasteiger partial charge in [0.05, 0.1) is 24.4 Å². The summed E-state index contributed by atoms with van der Waals surface area (Å²) in [4.78, 5) is 3.36. The first-order valence-electron chi connectivity index (χ1n) is 24.1. The van der Waals surface area contributed by atoms with E-state index in [-0.39, 0.29) is 53.7 Å². The van der Waals surface area contributed by atoms with Crippen LogP contribution >= 0.6 is 21.6 Å². The number of fused-ring (bicyclic) bond motifs is 5. The Bertz CT molecular complexity index is 2240. The van der Waals surface area contributed by atoms with Gasteiger partial charge in [0, 0.05) is 84.3 Å². The summed E-state index contributed by atoms with van der Waals surface area (Å²) in [6.45, 7) is 4.86. The van der Waals surface area contributed by atoms with Crippen molar-refractivity contribution >= 4 is 21.6 Å². The number of hydrogen-bond acceptors (Lipinski definition) is 12. The van der Waals surface area contributed by atoms with E-state index in [4.69, 9.17) is 10.5 Å². The average molecular weight is 939 g/mol. The summed E-state index contributed by atoms with van der Waals surface area (Å²) in [6, 6.07) is 18.3. The Hall–Kier alpha value is -3.84. The molecule has 0 radical (unpaired) electrons. The molecule has 3 aliphatic carbocycles. The standard InChI is InChI=1S/C53H70N4O7S2/c1-31(19-33-7-4-3-5-8-33)34-10-13-37-20-35-11-12-36-23-47(61)49(26-44(36)43(35)25-48(62)51(37)46(60)15-14-41(21-34)57-27-32(2)59)64-50-24-38(22-40-9-6-17-55-40)42-16-18-56-53(54)45(42)30-66-65-29-39(28-58)52(50)63/h3-9,16-17,20,23,26,31-32,34,37-39,41,43,46,48,50-52,55-63H,11-12,14-15,18-19,21-22,24-25,27-30,54H2,1-2H3. The molecule has 13 atom stereocenters. The molecular formula is C53H70N4O7S2. The number of aryl methyl sites for hydroxylation is 1. The zero-order chi connectivity index (χ0) is 46.3. The maximum absolute atomic E-state index is 12.3. The van der Waals surface area contributed by atoms with Crippen LogP contribution in [0.15, 0.2) is 95.5 Å². The second-order valence-corrected chi connectivity index (χ2v) is 22.0. The number of H-pyrrole nitrogens is 1. The van der Waals surface area contributed by atoms with Crippen molar-refractivity contribution in [1.82, 2.24) is 15.6 Å². The number of phenols is 1. The molecule has 0 saturated carbocycles. The van der Waals surface area contributed by atoms with Gasteiger partial charge in [-0.15, -0.1) is 0 Å². The van der Waals surface area contributed by atoms with Crippen LogP contribution in [-0.2, 0) is 19.3 Å². The van der Waals surface area contributed by atoms with Crippen LogP contribution in [0, 0.1) is 47.3 Å². The van der Waals surface area contributed by atoms with Crippen LogP contribution in [0.1, 0.15) is 80.7 Å². The molecule has 8 rings (SSSR count). The van der Waals surface area contributed by atoms with Gasteiger partial charge in [0.2, 0.25) is 0 Å². The summed E-state index contributed by atoms with van der Waals surface area (Å²) >= 11 is 0. The minimum atomic E-state index is -1.05. The quantitative estimate of drug-likeness (QED) is 0.0603. The van der Waals surface area contributed by atoms with Gasteiger partial charge in [-0.05, 0) is 123 Å². The number of allylic oxidation sites excluding steroid dienone is 3. The molecule has 1 saturated heterocycles. The number of phenolic OH excluding ortho intramolecular Hbond substituents is 1. The lowest BCUT2D eigenvalue weighted by molar-refractivity contribution is -0.0214. The summed E-state index contributed by atoms with van der Waals surface area (Å²) in [5.41, 5.74) is 14.2. The van der Waals surface area contributed by atoms with Crippen molar-refractivity contribution in [2.45, 2.75) is 114 Å². The number of aromatic amines is 1. The highest BCUT2D eigenvalue weighted by Crippen LogP contribution is 2.48. The summed E-state index contributed by atoms with van der Waals surface area (Å²) in [5, 5.41) is 75.8. The highest BCUT2D eigenvalue weighted by atomic mass is 33.1. The molecule has 11 N–H and O–H groups in total. The molecule has 3 aromatic rings. The molecule has 2 aromatic carbocycles. The zero-order valence-electron chi connectivity index (χ0n) is 38.3. The van der Waals surface area contributed by atoms with Crippen molar-refractivity contribution in [3.63, 3.8) is 0 Å². The number of dihydropyridines is 1. The molecule has 1 aromatic heterocycles. The van der Waals surface area contributed by atoms with E-state index in [1.807, 2.05) is 24.4 Å². The van der Waals surface area contributed by atoms with Crippen molar-refractivity contribution in [3.05, 3.63) is 118 Å². The summed E-state index contributed by atoms with van der Waals surface area (Å²) < 4.78 is 6.86. The van der Waals surface area contributed by atoms with E-state index in [0.29, 0.717) is 68.9 Å². The summed E-state index contributed by atoms with van der Waals surface area (Å²) in [6.07, 6.45) is 8.03. The van der Waals surface area contributed by atoms with Crippen LogP contribution in [0.5, 0.6) is 11.5 Å². The van der Waals surface area contributed by atoms with Crippen LogP contribution in [0.4, 0.5) is 0 Å². The van der Waals surface area contributed by atoms with E-state index in [1.165, 1.54) is 11.1 Å². The highest BCUT2D eigenvalue weighted by molar-refractivity contribution is 8.76. The number of nitrogens with two attached hydrogens (primary N) is 1. The number of benzene rings is 2. The van der Waals surface area contributed by atoms with E-state index < -0.39 is 42.4 Å². The lowest BCUT2D eigenvalue weighted by atomic mass is 9.76. The van der Waals surface area contributed by atoms with E-state index in [2.05, 4.69) is 76.9 Å². The molecule has 2 aliphatic heterocycles. The monoisotopic (exact) mass is 938 g/mol. The van der Waals surface area contributed by atoms with Crippen LogP contribution in [0.2, 0.25) is 0 Å². The number of rotatable bonds is 11. The predicted molar refractivity (Wildman–Crippen MR) is 265 cm³/mol. The van der Waals surface area contributed by atoms with E-state index in [0.717, 1.165) is 47.2 Å². The minimum absolute atomic E-state index is 0.0148. The number of hydrogen-bond donors (Lipinski definition) is 10. The molecule has 0 spiro atoms. The van der Waals surface area contributed by atoms with Gasteiger partial charge in [-0.1, -0.05) is 88.4 Å². The SMILES string of the molecule is CC(O)CNC1CCC(O)C2C(C#CC(C(C)Cc3ccccc3)C1)C=C1CCc3cc(O)c(OC4CC(Cc5ccc[nH]5)C5=CCNC(N)=C5CSSCC(CO)C4O)cc3C1CC2O. The zero-order valence-corrected chi connectivity index (χ0v) is 40.0. The normalized spacial score (nSPS) is 31.5. The molecule has 1 fully saturated rings. The largest absolute Gasteiger partial charge is 0.504 e. The van der Waals surface area contributed by atoms with Gasteiger partial charge in [-0.2, -0.15) is 0 Å². The fourth-order valence-corrected chi connectivity index (χ4v) is 13.6. The topological polar surface area (TPSA) is 196 Å². The number of nitrogens with one attached hydrogen (secondary N) is 3. The molecule has 13 heteroatoms. The van der Waals surface area contributed by atoms with Crippen LogP contribution in [-0.4, -0.2) is 103 Å². The average Bonchev–Trinajstić information content (AvgIpc) is 3.76. The van der Waals surface area contributed by atoms with Crippen molar-refractivity contribution in [3.8, 4) is 23.3 Å². The Balaban J connectivity index is 1.12. The van der Waals surface area contributed by atoms with Crippen molar-refractivity contribution < 1.29 is 35.4 Å². The number of aromatic nitrogens is 1. The molecular weight excluding hydrogens is 869 g/mol. The van der Waals surface area contributed by atoms with Crippen LogP contribution in [0.3, 0.4) is 0 Å². The maximum Gasteiger partial charge on any atom is 0.161 e. The van der Waals surface area contributed by atoms with Gasteiger partial charge >= 0.3 is 0 Å². The van der Waals surface area contributed by atoms with Crippen LogP contribution in [0.25, 0.3) is 0 Å². The van der Waals surface area contributed by atoms with Crippen molar-refractivity contribution in [2.75, 3.05) is 31.2 Å². The van der Waals surface area contributed by atoms with E-state index >= 15 is 0 Å². The second-order valence-electron chi connectivity index (χ2n) is 19.5. The highest BCUT2D eigenvalue weighted by Gasteiger charge is 2.42. The third kappa shape index (κ3) is 11.7. The van der Waals surface area contributed by atoms with Crippen molar-refractivity contribution in [2.24, 2.45) is 41.2 Å². The first kappa shape index (κ1) is 48.6. The maximum atomic E-state index is 12.3. The Morgan fingerprint density at radius 1 is 0.970 bits per heavy atom. The molecule has 13 unspecified atom stereocenters. The molecule has 5 aliphatic rings. The first-order chi connectivity index (χ1) is 31.9. The van der Waals surface area contributed by atoms with Gasteiger partial charge in [-0.25, -0.2) is 0 Å². The van der Waals surface area contributed by atoms with Gasteiger partial charge in [0.15, 0.2) is 11.5 Å². The first-order valence-corrected chi connectivity index (χ1v) is 26.6. The van der Waals surface area contributed by atoms with Gasteiger partial charge < -0.3 is 56.7 Å². The smallest absolute Gasteiger partial charge is 0.161 e. The Labute approximate surface area is 398 Å². The van der Waals surface area contributed by atoms with Crippen molar-refractivity contribution in [1.29, 1.82) is 0 Å². The second kappa shape index (κ2) is 22.5. The molecule has 0 amide bonds. The fourth-order valence-electron chi connectivity index (χ4n) is 11.1. The Kier molecular flexibility index (Phi) is 16.6. The Morgan fingerprint density at radius 2 is 1.80 bits per heavy atom. The summed E-state index contributed by atoms with van der Waals surface area (Å²) in [5.74, 6) is 8.07. The molecule has 3 heterocycles. The molecule has 356 valence electrons. The predicted octanol–water partition coefficient (Wildman–Crippen LogP) is 6.12. The number of aliphatic hydroxyl groups is 5. The fraction of sp³-hybridized carbons (Fsp3) is 0.547. The number of aromatic hydroxyl groups is 1. The number of aliphatic hydroxyl groups excluding tert-OH is 5. The van der Waals surface area contributed by atoms with Gasteiger partial charge in [0.25, 0.3) is 0 Å². The molecule has 11 nitrogen and oxygen atoms in total. The Morgan fingerprint density at radius 3 is 2.58 bits per heavy atom. The number of ether oxygens (including phenoxy) is 1. The third-order valence-electron chi connectivity index (χ3n) is 14.8. The third-order valence-corrected chi connectivity index (χ3v) is 17.2. The lowest BCUT2D eigenvalue weighted by Gasteiger charge is -2.35. The minimum Gasteiger partial charge on any atom is -0.504 e. The van der Waals surface area contributed by atoms with Crippen LogP contribution < -0.4 is 21.1 Å². The van der Waals surface area contributed by atoms with Gasteiger partial charge in [0.1, 0.15) is 11.9 Å². The summed E-state index contributed by atoms with van der Waals surface area (Å²) in [7, 11) is 3.25. The van der Waals surface area contributed by atoms with E-state index in [9.17, 15) is 30.6 Å². The molecule has 0 bridgehead atoms. The van der Waals surface area contributed by atoms with Gasteiger partial charge in [-0.3, -0.25) is 0 Å². The molecule has 66 heavy (non-hydrogen) atoms. The lowest BCUT2D eigenvalue weighted by Crippen LogP contribution is -2.42. The van der Waals surface area contributed by atoms with E-state index in [1.54, 1.807) is 34.6 Å².